The van der Waals surface area contributed by atoms with E-state index in [-0.39, 0.29) is 16.9 Å². The third-order valence-electron chi connectivity index (χ3n) is 8.41. The molecule has 3 fully saturated rings. The Kier molecular flexibility index (Phi) is 2.79. The van der Waals surface area contributed by atoms with Gasteiger partial charge in [0.05, 0.1) is 18.0 Å². The highest BCUT2D eigenvalue weighted by Crippen LogP contribution is 2.66. The molecule has 0 amide bonds. The van der Waals surface area contributed by atoms with Crippen molar-refractivity contribution in [3.05, 3.63) is 23.5 Å². The summed E-state index contributed by atoms with van der Waals surface area (Å²) < 4.78 is 0. The summed E-state index contributed by atoms with van der Waals surface area (Å²) in [6, 6.07) is 0. The molecule has 3 saturated carbocycles. The molecule has 0 saturated heterocycles. The van der Waals surface area contributed by atoms with Crippen LogP contribution in [0, 0.1) is 28.6 Å². The first-order valence-electron chi connectivity index (χ1n) is 9.44. The SMILES string of the molecule is C[C@]12CCC3C(CC[C@H]4c5cn[nH]c5C=C[C@]34C)C1CC[C@@H]2O. The van der Waals surface area contributed by atoms with Crippen molar-refractivity contribution in [1.29, 1.82) is 0 Å². The summed E-state index contributed by atoms with van der Waals surface area (Å²) in [7, 11) is 0. The van der Waals surface area contributed by atoms with Gasteiger partial charge in [-0.05, 0) is 79.1 Å². The summed E-state index contributed by atoms with van der Waals surface area (Å²) in [4.78, 5) is 0. The van der Waals surface area contributed by atoms with Gasteiger partial charge in [-0.15, -0.1) is 0 Å². The molecular weight excluding hydrogens is 284 g/mol. The molecule has 3 nitrogen and oxygen atoms in total. The van der Waals surface area contributed by atoms with E-state index in [1.165, 1.54) is 43.4 Å². The number of rotatable bonds is 0. The lowest BCUT2D eigenvalue weighted by atomic mass is 9.46. The van der Waals surface area contributed by atoms with Crippen molar-refractivity contribution >= 4 is 6.08 Å². The first-order chi connectivity index (χ1) is 11.0. The number of hydrogen-bond donors (Lipinski definition) is 2. The second-order valence-electron chi connectivity index (χ2n) is 9.08. The minimum absolute atomic E-state index is 0.0682. The predicted molar refractivity (Wildman–Crippen MR) is 90.8 cm³/mol. The highest BCUT2D eigenvalue weighted by Gasteiger charge is 2.59. The quantitative estimate of drug-likeness (QED) is 0.757. The summed E-state index contributed by atoms with van der Waals surface area (Å²) in [6.07, 6.45) is 14.1. The summed E-state index contributed by atoms with van der Waals surface area (Å²) in [5, 5.41) is 18.0. The number of aliphatic hydroxyl groups excluding tert-OH is 1. The van der Waals surface area contributed by atoms with Gasteiger partial charge in [0, 0.05) is 5.56 Å². The summed E-state index contributed by atoms with van der Waals surface area (Å²) in [5.74, 6) is 2.92. The zero-order valence-electron chi connectivity index (χ0n) is 14.3. The van der Waals surface area contributed by atoms with Crippen molar-refractivity contribution in [3.8, 4) is 0 Å². The fourth-order valence-corrected chi connectivity index (χ4v) is 7.07. The summed E-state index contributed by atoms with van der Waals surface area (Å²) in [5.41, 5.74) is 3.12. The molecule has 23 heavy (non-hydrogen) atoms. The van der Waals surface area contributed by atoms with E-state index in [1.54, 1.807) is 0 Å². The lowest BCUT2D eigenvalue weighted by Crippen LogP contribution is -2.51. The second kappa shape index (κ2) is 4.50. The molecule has 2 N–H and O–H groups in total. The van der Waals surface area contributed by atoms with Gasteiger partial charge in [-0.3, -0.25) is 5.10 Å². The highest BCUT2D eigenvalue weighted by molar-refractivity contribution is 5.56. The molecule has 5 rings (SSSR count). The van der Waals surface area contributed by atoms with E-state index in [4.69, 9.17) is 0 Å². The Hall–Kier alpha value is -1.09. The number of aromatic nitrogens is 2. The molecule has 0 spiro atoms. The maximum absolute atomic E-state index is 10.5. The molecular formula is C20H28N2O. The van der Waals surface area contributed by atoms with Gasteiger partial charge in [-0.1, -0.05) is 19.9 Å². The maximum Gasteiger partial charge on any atom is 0.0610 e. The van der Waals surface area contributed by atoms with E-state index in [0.717, 1.165) is 24.2 Å². The topological polar surface area (TPSA) is 48.9 Å². The largest absolute Gasteiger partial charge is 0.393 e. The third-order valence-corrected chi connectivity index (χ3v) is 8.41. The van der Waals surface area contributed by atoms with Gasteiger partial charge in [-0.2, -0.15) is 5.10 Å². The average molecular weight is 312 g/mol. The van der Waals surface area contributed by atoms with Crippen LogP contribution in [0.5, 0.6) is 0 Å². The van der Waals surface area contributed by atoms with Crippen LogP contribution < -0.4 is 0 Å². The molecule has 0 bridgehead atoms. The normalized spacial score (nSPS) is 50.8. The van der Waals surface area contributed by atoms with Crippen molar-refractivity contribution in [2.45, 2.75) is 64.4 Å². The molecule has 7 atom stereocenters. The molecule has 4 aliphatic carbocycles. The summed E-state index contributed by atoms with van der Waals surface area (Å²) >= 11 is 0. The molecule has 3 unspecified atom stereocenters. The maximum atomic E-state index is 10.5. The molecule has 1 heterocycles. The van der Waals surface area contributed by atoms with Crippen LogP contribution in [0.3, 0.4) is 0 Å². The van der Waals surface area contributed by atoms with Crippen molar-refractivity contribution in [2.75, 3.05) is 0 Å². The Morgan fingerprint density at radius 2 is 2.00 bits per heavy atom. The Balaban J connectivity index is 1.54. The highest BCUT2D eigenvalue weighted by atomic mass is 16.3. The fraction of sp³-hybridized carbons (Fsp3) is 0.750. The fourth-order valence-electron chi connectivity index (χ4n) is 7.07. The van der Waals surface area contributed by atoms with Gasteiger partial charge in [0.1, 0.15) is 0 Å². The van der Waals surface area contributed by atoms with E-state index in [2.05, 4.69) is 42.4 Å². The standard InChI is InChI=1S/C20H28N2O/c1-19-10-8-17-13(11-21-22-17)15(19)4-3-12-14-5-6-18(23)20(14,2)9-7-16(12)19/h8,10-12,14-16,18,23H,3-7,9H2,1-2H3,(H,21,22)/t12?,14?,15-,16?,18-,19-,20-/m0/s1. The summed E-state index contributed by atoms with van der Waals surface area (Å²) in [6.45, 7) is 4.86. The molecule has 4 aliphatic rings. The van der Waals surface area contributed by atoms with Gasteiger partial charge in [-0.25, -0.2) is 0 Å². The van der Waals surface area contributed by atoms with Crippen molar-refractivity contribution < 1.29 is 5.11 Å². The minimum Gasteiger partial charge on any atom is -0.393 e. The molecule has 0 aliphatic heterocycles. The van der Waals surface area contributed by atoms with Crippen molar-refractivity contribution in [3.63, 3.8) is 0 Å². The molecule has 1 aromatic heterocycles. The number of H-pyrrole nitrogens is 1. The number of nitrogens with one attached hydrogen (secondary N) is 1. The zero-order valence-corrected chi connectivity index (χ0v) is 14.3. The molecule has 1 aromatic rings. The van der Waals surface area contributed by atoms with Gasteiger partial charge >= 0.3 is 0 Å². The number of aromatic amines is 1. The first kappa shape index (κ1) is 14.3. The number of nitrogens with zero attached hydrogens (tertiary/aromatic N) is 1. The van der Waals surface area contributed by atoms with E-state index >= 15 is 0 Å². The lowest BCUT2D eigenvalue weighted by molar-refractivity contribution is -0.0806. The number of aliphatic hydroxyl groups is 1. The number of hydrogen-bond acceptors (Lipinski definition) is 2. The zero-order chi connectivity index (χ0) is 15.8. The lowest BCUT2D eigenvalue weighted by Gasteiger charge is -2.58. The first-order valence-corrected chi connectivity index (χ1v) is 9.44. The van der Waals surface area contributed by atoms with E-state index in [9.17, 15) is 5.11 Å². The molecule has 124 valence electrons. The van der Waals surface area contributed by atoms with Crippen LogP contribution in [0.4, 0.5) is 0 Å². The Morgan fingerprint density at radius 1 is 1.13 bits per heavy atom. The molecule has 0 aromatic carbocycles. The molecule has 3 heteroatoms. The van der Waals surface area contributed by atoms with Crippen molar-refractivity contribution in [1.82, 2.24) is 10.2 Å². The smallest absolute Gasteiger partial charge is 0.0610 e. The van der Waals surface area contributed by atoms with Crippen LogP contribution >= 0.6 is 0 Å². The minimum atomic E-state index is -0.0682. The monoisotopic (exact) mass is 312 g/mol. The van der Waals surface area contributed by atoms with Crippen molar-refractivity contribution in [2.24, 2.45) is 28.6 Å². The van der Waals surface area contributed by atoms with E-state index < -0.39 is 0 Å². The Bertz CT molecular complexity index is 664. The van der Waals surface area contributed by atoms with Crippen LogP contribution in [0.15, 0.2) is 12.3 Å². The molecule has 0 radical (unpaired) electrons. The van der Waals surface area contributed by atoms with Gasteiger partial charge in [0.2, 0.25) is 0 Å². The van der Waals surface area contributed by atoms with Gasteiger partial charge in [0.15, 0.2) is 0 Å². The van der Waals surface area contributed by atoms with Crippen LogP contribution in [0.1, 0.15) is 69.5 Å². The van der Waals surface area contributed by atoms with E-state index in [1.807, 2.05) is 0 Å². The van der Waals surface area contributed by atoms with Crippen LogP contribution in [0.25, 0.3) is 6.08 Å². The number of allylic oxidation sites excluding steroid dienone is 1. The predicted octanol–water partition coefficient (Wildman–Crippen LogP) is 4.12. The van der Waals surface area contributed by atoms with Crippen LogP contribution in [-0.4, -0.2) is 21.4 Å². The van der Waals surface area contributed by atoms with Crippen LogP contribution in [0.2, 0.25) is 0 Å². The van der Waals surface area contributed by atoms with Gasteiger partial charge in [0.25, 0.3) is 0 Å². The Morgan fingerprint density at radius 3 is 2.87 bits per heavy atom. The second-order valence-corrected chi connectivity index (χ2v) is 9.08. The van der Waals surface area contributed by atoms with Gasteiger partial charge < -0.3 is 5.11 Å². The van der Waals surface area contributed by atoms with Crippen LogP contribution in [-0.2, 0) is 0 Å². The van der Waals surface area contributed by atoms with E-state index in [0.29, 0.717) is 5.92 Å². The Labute approximate surface area is 138 Å². The third kappa shape index (κ3) is 1.67. The number of fused-ring (bicyclic) bond motifs is 7. The average Bonchev–Trinajstić information content (AvgIpc) is 3.12.